The quantitative estimate of drug-likeness (QED) is 0.502. The highest BCUT2D eigenvalue weighted by Gasteiger charge is 2.26. The van der Waals surface area contributed by atoms with E-state index in [4.69, 9.17) is 23.2 Å². The fraction of sp³-hybridized carbons (Fsp3) is 0.364. The van der Waals surface area contributed by atoms with Gasteiger partial charge in [-0.1, -0.05) is 61.3 Å². The van der Waals surface area contributed by atoms with Crippen molar-refractivity contribution in [1.82, 2.24) is 5.32 Å². The molecule has 0 radical (unpaired) electrons. The van der Waals surface area contributed by atoms with Crippen LogP contribution in [-0.4, -0.2) is 34.2 Å². The van der Waals surface area contributed by atoms with Crippen LogP contribution in [0, 0.1) is 5.92 Å². The molecular weight excluding hydrogens is 413 g/mol. The standard InChI is InChI=1S/C22H25Cl2NO4/c1-13(2)6-19(21(26)27)25-20(22(28)29)11-15-5-3-4-14(7-15)8-16-9-17(23)12-18(24)10-16/h3-5,7,9-10,12-13,19-20,25H,6,8,11H2,1-2H3,(H,26,27)(H,28,29)/t19-,20-/m0/s1. The lowest BCUT2D eigenvalue weighted by molar-refractivity contribution is -0.142. The molecule has 0 saturated heterocycles. The lowest BCUT2D eigenvalue weighted by atomic mass is 9.98. The van der Waals surface area contributed by atoms with E-state index in [0.29, 0.717) is 22.9 Å². The zero-order valence-corrected chi connectivity index (χ0v) is 17.9. The van der Waals surface area contributed by atoms with Crippen molar-refractivity contribution in [1.29, 1.82) is 0 Å². The minimum absolute atomic E-state index is 0.130. The molecule has 0 spiro atoms. The second kappa shape index (κ2) is 10.6. The van der Waals surface area contributed by atoms with Crippen LogP contribution in [0.5, 0.6) is 0 Å². The number of halogens is 2. The Morgan fingerprint density at radius 2 is 1.48 bits per heavy atom. The zero-order chi connectivity index (χ0) is 21.6. The van der Waals surface area contributed by atoms with E-state index in [-0.39, 0.29) is 12.3 Å². The molecule has 5 nitrogen and oxygen atoms in total. The Kier molecular flexibility index (Phi) is 8.50. The summed E-state index contributed by atoms with van der Waals surface area (Å²) < 4.78 is 0. The van der Waals surface area contributed by atoms with Crippen molar-refractivity contribution in [2.24, 2.45) is 5.92 Å². The van der Waals surface area contributed by atoms with Gasteiger partial charge in [-0.2, -0.15) is 0 Å². The molecule has 0 amide bonds. The monoisotopic (exact) mass is 437 g/mol. The molecule has 2 atom stereocenters. The van der Waals surface area contributed by atoms with Gasteiger partial charge in [-0.3, -0.25) is 14.9 Å². The first-order valence-electron chi connectivity index (χ1n) is 9.38. The molecule has 0 aliphatic carbocycles. The van der Waals surface area contributed by atoms with E-state index in [0.717, 1.165) is 16.7 Å². The molecular formula is C22H25Cl2NO4. The van der Waals surface area contributed by atoms with Gasteiger partial charge in [-0.15, -0.1) is 0 Å². The van der Waals surface area contributed by atoms with Crippen molar-refractivity contribution < 1.29 is 19.8 Å². The lowest BCUT2D eigenvalue weighted by Gasteiger charge is -2.22. The van der Waals surface area contributed by atoms with E-state index >= 15 is 0 Å². The summed E-state index contributed by atoms with van der Waals surface area (Å²) in [5, 5.41) is 22.9. The van der Waals surface area contributed by atoms with Crippen molar-refractivity contribution in [2.45, 2.75) is 45.2 Å². The summed E-state index contributed by atoms with van der Waals surface area (Å²) >= 11 is 12.1. The van der Waals surface area contributed by atoms with Crippen LogP contribution in [0.4, 0.5) is 0 Å². The number of rotatable bonds is 10. The predicted octanol–water partition coefficient (Wildman–Crippen LogP) is 4.67. The van der Waals surface area contributed by atoms with Crippen LogP contribution in [0.2, 0.25) is 10.0 Å². The highest BCUT2D eigenvalue weighted by Crippen LogP contribution is 2.22. The van der Waals surface area contributed by atoms with E-state index in [1.165, 1.54) is 0 Å². The summed E-state index contributed by atoms with van der Waals surface area (Å²) in [5.74, 6) is -1.99. The van der Waals surface area contributed by atoms with Crippen molar-refractivity contribution in [3.63, 3.8) is 0 Å². The molecule has 0 aliphatic rings. The molecule has 0 bridgehead atoms. The van der Waals surface area contributed by atoms with Crippen molar-refractivity contribution >= 4 is 35.1 Å². The van der Waals surface area contributed by atoms with E-state index in [2.05, 4.69) is 5.32 Å². The number of carboxylic acids is 2. The minimum Gasteiger partial charge on any atom is -0.480 e. The molecule has 0 saturated carbocycles. The first kappa shape index (κ1) is 23.2. The van der Waals surface area contributed by atoms with Gasteiger partial charge in [0.2, 0.25) is 0 Å². The zero-order valence-electron chi connectivity index (χ0n) is 16.4. The summed E-state index contributed by atoms with van der Waals surface area (Å²) in [7, 11) is 0. The van der Waals surface area contributed by atoms with Crippen LogP contribution < -0.4 is 5.32 Å². The van der Waals surface area contributed by atoms with Gasteiger partial charge in [0.15, 0.2) is 0 Å². The maximum absolute atomic E-state index is 11.7. The third kappa shape index (κ3) is 7.69. The summed E-state index contributed by atoms with van der Waals surface area (Å²) in [6, 6.07) is 11.0. The van der Waals surface area contributed by atoms with Gasteiger partial charge < -0.3 is 10.2 Å². The van der Waals surface area contributed by atoms with Crippen LogP contribution in [0.1, 0.15) is 37.0 Å². The van der Waals surface area contributed by atoms with Gasteiger partial charge in [0.1, 0.15) is 12.1 Å². The number of carboxylic acid groups (broad SMARTS) is 2. The molecule has 0 fully saturated rings. The molecule has 0 heterocycles. The summed E-state index contributed by atoms with van der Waals surface area (Å²) in [6.07, 6.45) is 1.14. The van der Waals surface area contributed by atoms with Crippen molar-refractivity contribution in [2.75, 3.05) is 0 Å². The Bertz CT molecular complexity index is 849. The van der Waals surface area contributed by atoms with Gasteiger partial charge in [0, 0.05) is 10.0 Å². The molecule has 3 N–H and O–H groups in total. The predicted molar refractivity (Wildman–Crippen MR) is 115 cm³/mol. The lowest BCUT2D eigenvalue weighted by Crippen LogP contribution is -2.48. The number of carbonyl (C=O) groups is 2. The summed E-state index contributed by atoms with van der Waals surface area (Å²) in [6.45, 7) is 3.80. The summed E-state index contributed by atoms with van der Waals surface area (Å²) in [4.78, 5) is 23.2. The maximum Gasteiger partial charge on any atom is 0.321 e. The Hall–Kier alpha value is -2.08. The fourth-order valence-corrected chi connectivity index (χ4v) is 3.79. The van der Waals surface area contributed by atoms with Crippen molar-refractivity contribution in [3.8, 4) is 0 Å². The van der Waals surface area contributed by atoms with Crippen LogP contribution in [0.3, 0.4) is 0 Å². The molecule has 2 aromatic carbocycles. The van der Waals surface area contributed by atoms with Gasteiger partial charge in [0.25, 0.3) is 0 Å². The van der Waals surface area contributed by atoms with Gasteiger partial charge in [-0.25, -0.2) is 0 Å². The van der Waals surface area contributed by atoms with Crippen LogP contribution in [-0.2, 0) is 22.4 Å². The Balaban J connectivity index is 2.14. The smallest absolute Gasteiger partial charge is 0.321 e. The number of benzene rings is 2. The van der Waals surface area contributed by atoms with Crippen molar-refractivity contribution in [3.05, 3.63) is 69.2 Å². The maximum atomic E-state index is 11.7. The van der Waals surface area contributed by atoms with E-state index in [1.54, 1.807) is 6.07 Å². The van der Waals surface area contributed by atoms with Crippen LogP contribution in [0.15, 0.2) is 42.5 Å². The first-order valence-corrected chi connectivity index (χ1v) is 10.1. The van der Waals surface area contributed by atoms with E-state index in [1.807, 2.05) is 50.2 Å². The normalized spacial score (nSPS) is 13.3. The Morgan fingerprint density at radius 1 is 0.897 bits per heavy atom. The third-order valence-electron chi connectivity index (χ3n) is 4.47. The Morgan fingerprint density at radius 3 is 2.03 bits per heavy atom. The van der Waals surface area contributed by atoms with Gasteiger partial charge in [-0.05, 0) is 60.1 Å². The molecule has 0 unspecified atom stereocenters. The number of hydrogen-bond acceptors (Lipinski definition) is 3. The fourth-order valence-electron chi connectivity index (χ4n) is 3.22. The second-order valence-corrected chi connectivity index (χ2v) is 8.43. The highest BCUT2D eigenvalue weighted by atomic mass is 35.5. The van der Waals surface area contributed by atoms with E-state index in [9.17, 15) is 19.8 Å². The Labute approximate surface area is 180 Å². The molecule has 156 valence electrons. The van der Waals surface area contributed by atoms with Crippen LogP contribution >= 0.6 is 23.2 Å². The van der Waals surface area contributed by atoms with Gasteiger partial charge >= 0.3 is 11.9 Å². The molecule has 0 aromatic heterocycles. The SMILES string of the molecule is CC(C)C[C@H](N[C@@H](Cc1cccc(Cc2cc(Cl)cc(Cl)c2)c1)C(=O)O)C(=O)O. The first-order chi connectivity index (χ1) is 13.6. The molecule has 2 aromatic rings. The van der Waals surface area contributed by atoms with Gasteiger partial charge in [0.05, 0.1) is 0 Å². The molecule has 0 aliphatic heterocycles. The average molecular weight is 438 g/mol. The topological polar surface area (TPSA) is 86.6 Å². The van der Waals surface area contributed by atoms with E-state index < -0.39 is 24.0 Å². The largest absolute Gasteiger partial charge is 0.480 e. The molecule has 2 rings (SSSR count). The highest BCUT2D eigenvalue weighted by molar-refractivity contribution is 6.34. The number of hydrogen-bond donors (Lipinski definition) is 3. The number of nitrogens with one attached hydrogen (secondary N) is 1. The number of aliphatic carboxylic acids is 2. The third-order valence-corrected chi connectivity index (χ3v) is 4.90. The average Bonchev–Trinajstić information content (AvgIpc) is 2.59. The molecule has 29 heavy (non-hydrogen) atoms. The molecule has 7 heteroatoms. The summed E-state index contributed by atoms with van der Waals surface area (Å²) in [5.41, 5.74) is 2.75. The van der Waals surface area contributed by atoms with Crippen LogP contribution in [0.25, 0.3) is 0 Å². The minimum atomic E-state index is -1.08. The second-order valence-electron chi connectivity index (χ2n) is 7.56.